The van der Waals surface area contributed by atoms with Gasteiger partial charge in [0.25, 0.3) is 0 Å². The predicted molar refractivity (Wildman–Crippen MR) is 137 cm³/mol. The van der Waals surface area contributed by atoms with Gasteiger partial charge in [-0.25, -0.2) is 0 Å². The summed E-state index contributed by atoms with van der Waals surface area (Å²) in [6.07, 6.45) is 0. The summed E-state index contributed by atoms with van der Waals surface area (Å²) in [5, 5.41) is 10.2. The summed E-state index contributed by atoms with van der Waals surface area (Å²) in [6.45, 7) is 0.170. The topological polar surface area (TPSA) is 82.1 Å². The molecule has 1 aliphatic heterocycles. The Hall–Kier alpha value is -4.58. The van der Waals surface area contributed by atoms with E-state index in [1.807, 2.05) is 97.1 Å². The van der Waals surface area contributed by atoms with Gasteiger partial charge in [-0.05, 0) is 34.9 Å². The second-order valence-corrected chi connectivity index (χ2v) is 9.25. The number of rotatable bonds is 6. The normalized spacial score (nSPS) is 21.6. The van der Waals surface area contributed by atoms with E-state index in [4.69, 9.17) is 14.2 Å². The lowest BCUT2D eigenvalue weighted by molar-refractivity contribution is -0.158. The van der Waals surface area contributed by atoms with Crippen LogP contribution in [-0.4, -0.2) is 23.8 Å². The van der Waals surface area contributed by atoms with Crippen LogP contribution < -0.4 is 14.2 Å². The van der Waals surface area contributed by atoms with Crippen molar-refractivity contribution in [2.75, 3.05) is 6.79 Å². The van der Waals surface area contributed by atoms with E-state index in [-0.39, 0.29) is 6.79 Å². The molecule has 0 radical (unpaired) electrons. The van der Waals surface area contributed by atoms with Crippen LogP contribution in [0.25, 0.3) is 11.1 Å². The molecule has 0 aromatic heterocycles. The van der Waals surface area contributed by atoms with E-state index in [1.165, 1.54) is 0 Å². The minimum Gasteiger partial charge on any atom is -0.481 e. The monoisotopic (exact) mass is 492 g/mol. The van der Waals surface area contributed by atoms with E-state index in [9.17, 15) is 14.7 Å². The van der Waals surface area contributed by atoms with Crippen molar-refractivity contribution in [3.8, 4) is 28.4 Å². The molecule has 0 bridgehead atoms. The van der Waals surface area contributed by atoms with E-state index >= 15 is 0 Å². The molecule has 4 aromatic rings. The first-order chi connectivity index (χ1) is 18.1. The summed E-state index contributed by atoms with van der Waals surface area (Å²) in [4.78, 5) is 26.3. The van der Waals surface area contributed by atoms with Crippen LogP contribution in [0.2, 0.25) is 0 Å². The van der Waals surface area contributed by atoms with E-state index in [2.05, 4.69) is 0 Å². The van der Waals surface area contributed by atoms with Crippen LogP contribution in [0.3, 0.4) is 0 Å². The third-order valence-corrected chi connectivity index (χ3v) is 7.26. The molecule has 6 nitrogen and oxygen atoms in total. The van der Waals surface area contributed by atoms with Gasteiger partial charge in [0.2, 0.25) is 6.79 Å². The molecule has 1 saturated carbocycles. The Morgan fingerprint density at radius 1 is 0.703 bits per heavy atom. The zero-order valence-corrected chi connectivity index (χ0v) is 19.8. The first-order valence-electron chi connectivity index (χ1n) is 12.2. The number of para-hydroxylation sites is 1. The molecule has 6 heteroatoms. The van der Waals surface area contributed by atoms with Crippen molar-refractivity contribution in [1.29, 1.82) is 0 Å². The van der Waals surface area contributed by atoms with Gasteiger partial charge in [-0.3, -0.25) is 9.59 Å². The van der Waals surface area contributed by atoms with Crippen molar-refractivity contribution in [3.63, 3.8) is 0 Å². The van der Waals surface area contributed by atoms with Gasteiger partial charge in [0.1, 0.15) is 5.75 Å². The number of carbonyl (C=O) groups is 2. The third kappa shape index (κ3) is 4.10. The average Bonchev–Trinajstić information content (AvgIpc) is 3.37. The Balaban J connectivity index is 1.37. The van der Waals surface area contributed by atoms with Gasteiger partial charge in [0, 0.05) is 17.4 Å². The fourth-order valence-corrected chi connectivity index (χ4v) is 5.56. The number of carboxylic acids is 1. The van der Waals surface area contributed by atoms with Crippen molar-refractivity contribution in [3.05, 3.63) is 114 Å². The molecular weight excluding hydrogens is 468 g/mol. The molecule has 0 spiro atoms. The number of ether oxygens (including phenoxy) is 3. The number of benzene rings is 4. The highest BCUT2D eigenvalue weighted by molar-refractivity contribution is 5.87. The van der Waals surface area contributed by atoms with E-state index in [1.54, 1.807) is 6.07 Å². The van der Waals surface area contributed by atoms with Gasteiger partial charge < -0.3 is 19.3 Å². The molecule has 0 amide bonds. The van der Waals surface area contributed by atoms with Crippen LogP contribution in [-0.2, 0) is 9.59 Å². The third-order valence-electron chi connectivity index (χ3n) is 7.26. The smallest absolute Gasteiger partial charge is 0.315 e. The average molecular weight is 493 g/mol. The zero-order chi connectivity index (χ0) is 25.4. The second kappa shape index (κ2) is 9.47. The Morgan fingerprint density at radius 3 is 1.95 bits per heavy atom. The molecule has 4 aromatic carbocycles. The summed E-state index contributed by atoms with van der Waals surface area (Å²) < 4.78 is 17.0. The lowest BCUT2D eigenvalue weighted by atomic mass is 9.52. The first-order valence-corrected chi connectivity index (χ1v) is 12.2. The summed E-state index contributed by atoms with van der Waals surface area (Å²) in [7, 11) is 0. The molecule has 0 saturated heterocycles. The highest BCUT2D eigenvalue weighted by Gasteiger charge is 2.59. The second-order valence-electron chi connectivity index (χ2n) is 9.25. The molecule has 2 aliphatic rings. The highest BCUT2D eigenvalue weighted by atomic mass is 16.7. The standard InChI is InChI=1S/C31H24O6/c32-30(33)28-26(19-9-3-1-4-10-19)29(27(28)20-11-5-2-6-12-20)31(34)37-23-14-8-7-13-22(23)21-15-16-24-25(17-21)36-18-35-24/h1-17,26-29H,18H2,(H,32,33)/t26-,27?,28?,29?/m1/s1. The minimum absolute atomic E-state index is 0.170. The van der Waals surface area contributed by atoms with E-state index in [0.29, 0.717) is 17.2 Å². The van der Waals surface area contributed by atoms with Gasteiger partial charge >= 0.3 is 11.9 Å². The predicted octanol–water partition coefficient (Wildman–Crippen LogP) is 5.89. The highest BCUT2D eigenvalue weighted by Crippen LogP contribution is 2.58. The Bertz CT molecular complexity index is 1400. The maximum Gasteiger partial charge on any atom is 0.315 e. The number of hydrogen-bond acceptors (Lipinski definition) is 5. The Labute approximate surface area is 214 Å². The maximum atomic E-state index is 13.8. The van der Waals surface area contributed by atoms with Crippen LogP contribution in [0.5, 0.6) is 17.2 Å². The Kier molecular flexibility index (Phi) is 5.85. The number of esters is 1. The molecule has 1 fully saturated rings. The Morgan fingerprint density at radius 2 is 1.30 bits per heavy atom. The van der Waals surface area contributed by atoms with Gasteiger partial charge in [0.15, 0.2) is 11.5 Å². The van der Waals surface area contributed by atoms with Crippen molar-refractivity contribution in [2.45, 2.75) is 11.8 Å². The van der Waals surface area contributed by atoms with E-state index in [0.717, 1.165) is 22.3 Å². The molecule has 1 aliphatic carbocycles. The molecule has 1 N–H and O–H groups in total. The van der Waals surface area contributed by atoms with Gasteiger partial charge in [-0.1, -0.05) is 84.9 Å². The van der Waals surface area contributed by atoms with Gasteiger partial charge in [-0.2, -0.15) is 0 Å². The minimum atomic E-state index is -0.924. The quantitative estimate of drug-likeness (QED) is 0.267. The molecule has 1 heterocycles. The van der Waals surface area contributed by atoms with Crippen LogP contribution in [0.4, 0.5) is 0 Å². The molecule has 37 heavy (non-hydrogen) atoms. The van der Waals surface area contributed by atoms with Crippen molar-refractivity contribution >= 4 is 11.9 Å². The van der Waals surface area contributed by atoms with Crippen molar-refractivity contribution < 1.29 is 28.9 Å². The van der Waals surface area contributed by atoms with Crippen LogP contribution in [0.15, 0.2) is 103 Å². The fourth-order valence-electron chi connectivity index (χ4n) is 5.56. The summed E-state index contributed by atoms with van der Waals surface area (Å²) in [6, 6.07) is 31.6. The largest absolute Gasteiger partial charge is 0.481 e. The molecule has 184 valence electrons. The van der Waals surface area contributed by atoms with Crippen LogP contribution >= 0.6 is 0 Å². The maximum absolute atomic E-state index is 13.8. The summed E-state index contributed by atoms with van der Waals surface area (Å²) >= 11 is 0. The zero-order valence-electron chi connectivity index (χ0n) is 19.8. The number of hydrogen-bond donors (Lipinski definition) is 1. The van der Waals surface area contributed by atoms with Crippen molar-refractivity contribution in [2.24, 2.45) is 11.8 Å². The van der Waals surface area contributed by atoms with Crippen LogP contribution in [0.1, 0.15) is 23.0 Å². The number of fused-ring (bicyclic) bond motifs is 1. The number of aliphatic carboxylic acids is 1. The number of carboxylic acid groups (broad SMARTS) is 1. The summed E-state index contributed by atoms with van der Waals surface area (Å²) in [5.41, 5.74) is 3.18. The van der Waals surface area contributed by atoms with Crippen LogP contribution in [0, 0.1) is 11.8 Å². The number of carbonyl (C=O) groups excluding carboxylic acids is 1. The van der Waals surface area contributed by atoms with E-state index < -0.39 is 35.6 Å². The lowest BCUT2D eigenvalue weighted by Crippen LogP contribution is -2.52. The van der Waals surface area contributed by atoms with Gasteiger partial charge in [-0.15, -0.1) is 0 Å². The lowest BCUT2D eigenvalue weighted by Gasteiger charge is -2.49. The molecule has 6 rings (SSSR count). The van der Waals surface area contributed by atoms with Gasteiger partial charge in [0.05, 0.1) is 11.8 Å². The SMILES string of the molecule is O=C(O)C1C(c2ccccc2)C(C(=O)Oc2ccccc2-c2ccc3c(c2)OCO3)[C@@H]1c1ccccc1. The van der Waals surface area contributed by atoms with Crippen molar-refractivity contribution in [1.82, 2.24) is 0 Å². The molecular formula is C31H24O6. The molecule has 4 atom stereocenters. The molecule has 3 unspecified atom stereocenters. The summed E-state index contributed by atoms with van der Waals surface area (Å²) in [5.74, 6) is -2.07. The first kappa shape index (κ1) is 22.9. The fraction of sp³-hybridized carbons (Fsp3) is 0.161.